The number of rotatable bonds is 8. The van der Waals surface area contributed by atoms with Crippen LogP contribution in [-0.2, 0) is 22.6 Å². The Balaban J connectivity index is 1.93. The van der Waals surface area contributed by atoms with Crippen LogP contribution in [0.15, 0.2) is 45.6 Å². The summed E-state index contributed by atoms with van der Waals surface area (Å²) in [5.74, 6) is -0.398. The summed E-state index contributed by atoms with van der Waals surface area (Å²) in [6.45, 7) is 3.99. The Morgan fingerprint density at radius 2 is 2.03 bits per heavy atom. The van der Waals surface area contributed by atoms with Crippen LogP contribution in [0.2, 0.25) is 5.02 Å². The van der Waals surface area contributed by atoms with Crippen molar-refractivity contribution in [2.45, 2.75) is 39.7 Å². The van der Waals surface area contributed by atoms with E-state index >= 15 is 0 Å². The summed E-state index contributed by atoms with van der Waals surface area (Å²) < 4.78 is 30.4. The molecule has 158 valence electrons. The number of hydrogen-bond donors (Lipinski definition) is 0. The van der Waals surface area contributed by atoms with Gasteiger partial charge < -0.3 is 13.9 Å². The van der Waals surface area contributed by atoms with Crippen LogP contribution in [-0.4, -0.2) is 12.6 Å². The molecule has 0 aliphatic heterocycles. The molecular formula is C23H22ClFO5. The van der Waals surface area contributed by atoms with Gasteiger partial charge in [0.1, 0.15) is 23.8 Å². The van der Waals surface area contributed by atoms with Crippen LogP contribution >= 0.6 is 11.6 Å². The van der Waals surface area contributed by atoms with E-state index in [0.29, 0.717) is 24.4 Å². The van der Waals surface area contributed by atoms with E-state index in [-0.39, 0.29) is 29.6 Å². The number of ether oxygens (including phenoxy) is 2. The molecule has 0 unspecified atom stereocenters. The molecule has 0 N–H and O–H groups in total. The van der Waals surface area contributed by atoms with Gasteiger partial charge in [-0.15, -0.1) is 0 Å². The lowest BCUT2D eigenvalue weighted by atomic mass is 10.0. The quantitative estimate of drug-likeness (QED) is 0.354. The molecule has 2 aromatic carbocycles. The highest BCUT2D eigenvalue weighted by molar-refractivity contribution is 6.31. The van der Waals surface area contributed by atoms with Gasteiger partial charge in [0.25, 0.3) is 0 Å². The number of aryl methyl sites for hydroxylation is 2. The standard InChI is InChI=1S/C23H22ClFO5/c1-3-9-28-22(26)8-7-15-11-16-14(2)10-23(27)30-21(16)12-20(15)29-13-17-18(24)5-4-6-19(17)25/h4-6,10-12H,3,7-9,13H2,1-2H3. The molecule has 1 heterocycles. The normalized spacial score (nSPS) is 10.9. The van der Waals surface area contributed by atoms with E-state index in [1.54, 1.807) is 19.1 Å². The van der Waals surface area contributed by atoms with Gasteiger partial charge in [0.15, 0.2) is 0 Å². The third-order valence-electron chi connectivity index (χ3n) is 4.63. The Bertz CT molecular complexity index is 1100. The average molecular weight is 433 g/mol. The van der Waals surface area contributed by atoms with Crippen LogP contribution in [0.4, 0.5) is 4.39 Å². The van der Waals surface area contributed by atoms with Gasteiger partial charge in [-0.1, -0.05) is 24.6 Å². The molecular weight excluding hydrogens is 411 g/mol. The Morgan fingerprint density at radius 3 is 2.77 bits per heavy atom. The topological polar surface area (TPSA) is 65.7 Å². The van der Waals surface area contributed by atoms with Gasteiger partial charge >= 0.3 is 11.6 Å². The zero-order valence-electron chi connectivity index (χ0n) is 16.8. The summed E-state index contributed by atoms with van der Waals surface area (Å²) in [5, 5.41) is 0.991. The highest BCUT2D eigenvalue weighted by Crippen LogP contribution is 2.30. The van der Waals surface area contributed by atoms with Gasteiger partial charge in [-0.2, -0.15) is 0 Å². The number of carbonyl (C=O) groups excluding carboxylic acids is 1. The summed E-state index contributed by atoms with van der Waals surface area (Å²) in [6.07, 6.45) is 1.27. The van der Waals surface area contributed by atoms with Crippen molar-refractivity contribution in [3.8, 4) is 5.75 Å². The number of fused-ring (bicyclic) bond motifs is 1. The first kappa shape index (κ1) is 21.8. The van der Waals surface area contributed by atoms with Gasteiger partial charge in [-0.3, -0.25) is 4.79 Å². The molecule has 1 aromatic heterocycles. The summed E-state index contributed by atoms with van der Waals surface area (Å²) in [7, 11) is 0. The van der Waals surface area contributed by atoms with Crippen LogP contribution < -0.4 is 10.4 Å². The van der Waals surface area contributed by atoms with Crippen molar-refractivity contribution in [2.75, 3.05) is 6.61 Å². The molecule has 5 nitrogen and oxygen atoms in total. The van der Waals surface area contributed by atoms with Gasteiger partial charge in [0, 0.05) is 29.5 Å². The van der Waals surface area contributed by atoms with E-state index in [4.69, 9.17) is 25.5 Å². The summed E-state index contributed by atoms with van der Waals surface area (Å²) in [5.41, 5.74) is 1.57. The Labute approximate surface area is 178 Å². The molecule has 0 saturated carbocycles. The lowest BCUT2D eigenvalue weighted by molar-refractivity contribution is -0.143. The highest BCUT2D eigenvalue weighted by Gasteiger charge is 2.15. The largest absolute Gasteiger partial charge is 0.488 e. The zero-order valence-corrected chi connectivity index (χ0v) is 17.6. The summed E-state index contributed by atoms with van der Waals surface area (Å²) in [6, 6.07) is 9.21. The minimum absolute atomic E-state index is 0.111. The van der Waals surface area contributed by atoms with E-state index in [0.717, 1.165) is 22.9 Å². The molecule has 0 spiro atoms. The minimum Gasteiger partial charge on any atom is -0.488 e. The second-order valence-corrected chi connectivity index (χ2v) is 7.32. The monoisotopic (exact) mass is 432 g/mol. The first-order valence-electron chi connectivity index (χ1n) is 9.67. The number of benzene rings is 2. The predicted octanol–water partition coefficient (Wildman–Crippen LogP) is 5.36. The maximum absolute atomic E-state index is 14.1. The fourth-order valence-electron chi connectivity index (χ4n) is 3.07. The van der Waals surface area contributed by atoms with Gasteiger partial charge in [0.05, 0.1) is 11.6 Å². The van der Waals surface area contributed by atoms with Gasteiger partial charge in [-0.25, -0.2) is 9.18 Å². The third-order valence-corrected chi connectivity index (χ3v) is 4.99. The van der Waals surface area contributed by atoms with Crippen molar-refractivity contribution in [1.82, 2.24) is 0 Å². The first-order valence-corrected chi connectivity index (χ1v) is 10.1. The zero-order chi connectivity index (χ0) is 21.7. The first-order chi connectivity index (χ1) is 14.4. The fraction of sp³-hybridized carbons (Fsp3) is 0.304. The summed E-state index contributed by atoms with van der Waals surface area (Å²) >= 11 is 6.08. The van der Waals surface area contributed by atoms with Gasteiger partial charge in [-0.05, 0) is 49.1 Å². The molecule has 0 fully saturated rings. The number of carbonyl (C=O) groups is 1. The lowest BCUT2D eigenvalue weighted by Gasteiger charge is -2.14. The molecule has 3 aromatic rings. The molecule has 0 aliphatic rings. The number of halogens is 2. The molecule has 0 aliphatic carbocycles. The van der Waals surface area contributed by atoms with Crippen LogP contribution in [0.25, 0.3) is 11.0 Å². The van der Waals surface area contributed by atoms with Gasteiger partial charge in [0.2, 0.25) is 0 Å². The van der Waals surface area contributed by atoms with Crippen molar-refractivity contribution < 1.29 is 23.1 Å². The predicted molar refractivity (Wildman–Crippen MR) is 113 cm³/mol. The van der Waals surface area contributed by atoms with E-state index in [2.05, 4.69) is 0 Å². The average Bonchev–Trinajstić information content (AvgIpc) is 2.70. The van der Waals surface area contributed by atoms with Crippen LogP contribution in [0.5, 0.6) is 5.75 Å². The smallest absolute Gasteiger partial charge is 0.336 e. The minimum atomic E-state index is -0.477. The lowest BCUT2D eigenvalue weighted by Crippen LogP contribution is -2.08. The van der Waals surface area contributed by atoms with E-state index in [9.17, 15) is 14.0 Å². The second-order valence-electron chi connectivity index (χ2n) is 6.91. The van der Waals surface area contributed by atoms with Crippen molar-refractivity contribution in [1.29, 1.82) is 0 Å². The summed E-state index contributed by atoms with van der Waals surface area (Å²) in [4.78, 5) is 23.7. The van der Waals surface area contributed by atoms with E-state index in [1.165, 1.54) is 18.2 Å². The van der Waals surface area contributed by atoms with Crippen LogP contribution in [0.3, 0.4) is 0 Å². The maximum atomic E-state index is 14.1. The third kappa shape index (κ3) is 5.19. The Kier molecular flexibility index (Phi) is 7.11. The Hall–Kier alpha value is -2.86. The fourth-order valence-corrected chi connectivity index (χ4v) is 3.28. The molecule has 7 heteroatoms. The number of hydrogen-bond acceptors (Lipinski definition) is 5. The second kappa shape index (κ2) is 9.76. The molecule has 0 bridgehead atoms. The Morgan fingerprint density at radius 1 is 1.23 bits per heavy atom. The van der Waals surface area contributed by atoms with Crippen LogP contribution in [0, 0.1) is 12.7 Å². The van der Waals surface area contributed by atoms with Crippen molar-refractivity contribution in [3.63, 3.8) is 0 Å². The van der Waals surface area contributed by atoms with Crippen molar-refractivity contribution in [2.24, 2.45) is 0 Å². The SMILES string of the molecule is CCCOC(=O)CCc1cc2c(C)cc(=O)oc2cc1OCc1c(F)cccc1Cl. The maximum Gasteiger partial charge on any atom is 0.336 e. The molecule has 3 rings (SSSR count). The van der Waals surface area contributed by atoms with Crippen molar-refractivity contribution in [3.05, 3.63) is 74.3 Å². The van der Waals surface area contributed by atoms with E-state index in [1.807, 2.05) is 13.0 Å². The molecule has 0 atom stereocenters. The highest BCUT2D eigenvalue weighted by atomic mass is 35.5. The molecule has 0 amide bonds. The number of esters is 1. The molecule has 30 heavy (non-hydrogen) atoms. The molecule has 0 radical (unpaired) electrons. The van der Waals surface area contributed by atoms with Crippen molar-refractivity contribution >= 4 is 28.5 Å². The molecule has 0 saturated heterocycles. The van der Waals surface area contributed by atoms with E-state index < -0.39 is 11.4 Å². The van der Waals surface area contributed by atoms with Crippen LogP contribution in [0.1, 0.15) is 36.5 Å².